The molecule has 98 valence electrons. The number of anilines is 1. The van der Waals surface area contributed by atoms with E-state index in [0.717, 1.165) is 12.5 Å². The van der Waals surface area contributed by atoms with Crippen molar-refractivity contribution >= 4 is 11.8 Å². The predicted molar refractivity (Wildman–Crippen MR) is 68.6 cm³/mol. The van der Waals surface area contributed by atoms with E-state index in [0.29, 0.717) is 11.7 Å². The molecule has 1 saturated carbocycles. The van der Waals surface area contributed by atoms with E-state index in [1.165, 1.54) is 38.1 Å². The maximum atomic E-state index is 11.0. The molecule has 0 aliphatic heterocycles. The van der Waals surface area contributed by atoms with Gasteiger partial charge >= 0.3 is 5.97 Å². The SMILES string of the molecule is CC1CCCC(CNc2nccnc2C(=O)O)C1. The van der Waals surface area contributed by atoms with Crippen LogP contribution in [0.15, 0.2) is 12.4 Å². The van der Waals surface area contributed by atoms with E-state index in [4.69, 9.17) is 5.11 Å². The first-order chi connectivity index (χ1) is 8.66. The zero-order valence-electron chi connectivity index (χ0n) is 10.6. The number of hydrogen-bond acceptors (Lipinski definition) is 4. The van der Waals surface area contributed by atoms with E-state index in [1.807, 2.05) is 0 Å². The highest BCUT2D eigenvalue weighted by Gasteiger charge is 2.20. The van der Waals surface area contributed by atoms with Crippen LogP contribution in [0.3, 0.4) is 0 Å². The van der Waals surface area contributed by atoms with Crippen LogP contribution in [0.4, 0.5) is 5.82 Å². The predicted octanol–water partition coefficient (Wildman–Crippen LogP) is 2.41. The molecule has 0 bridgehead atoms. The van der Waals surface area contributed by atoms with E-state index in [2.05, 4.69) is 22.2 Å². The second-order valence-electron chi connectivity index (χ2n) is 5.08. The van der Waals surface area contributed by atoms with Crippen LogP contribution in [-0.2, 0) is 0 Å². The normalized spacial score (nSPS) is 23.6. The van der Waals surface area contributed by atoms with Crippen molar-refractivity contribution < 1.29 is 9.90 Å². The van der Waals surface area contributed by atoms with Crippen LogP contribution in [0.1, 0.15) is 43.1 Å². The van der Waals surface area contributed by atoms with Crippen molar-refractivity contribution in [2.45, 2.75) is 32.6 Å². The van der Waals surface area contributed by atoms with E-state index in [1.54, 1.807) is 0 Å². The minimum Gasteiger partial charge on any atom is -0.476 e. The highest BCUT2D eigenvalue weighted by atomic mass is 16.4. The average Bonchev–Trinajstić information content (AvgIpc) is 2.37. The van der Waals surface area contributed by atoms with Gasteiger partial charge < -0.3 is 10.4 Å². The molecule has 18 heavy (non-hydrogen) atoms. The van der Waals surface area contributed by atoms with Gasteiger partial charge in [-0.15, -0.1) is 0 Å². The third-order valence-electron chi connectivity index (χ3n) is 3.50. The Labute approximate surface area is 107 Å². The Morgan fingerprint density at radius 3 is 2.94 bits per heavy atom. The van der Waals surface area contributed by atoms with Crippen LogP contribution >= 0.6 is 0 Å². The molecule has 0 radical (unpaired) electrons. The van der Waals surface area contributed by atoms with Crippen LogP contribution in [-0.4, -0.2) is 27.6 Å². The number of aromatic carboxylic acids is 1. The second kappa shape index (κ2) is 5.80. The second-order valence-corrected chi connectivity index (χ2v) is 5.08. The minimum absolute atomic E-state index is 0.00126. The van der Waals surface area contributed by atoms with Crippen molar-refractivity contribution in [1.82, 2.24) is 9.97 Å². The summed E-state index contributed by atoms with van der Waals surface area (Å²) in [5.74, 6) is 0.717. The molecule has 1 aromatic heterocycles. The van der Waals surface area contributed by atoms with Gasteiger partial charge in [0.25, 0.3) is 0 Å². The van der Waals surface area contributed by atoms with E-state index < -0.39 is 5.97 Å². The molecule has 2 rings (SSSR count). The van der Waals surface area contributed by atoms with Crippen molar-refractivity contribution in [2.75, 3.05) is 11.9 Å². The number of carboxylic acid groups (broad SMARTS) is 1. The summed E-state index contributed by atoms with van der Waals surface area (Å²) in [4.78, 5) is 18.9. The molecule has 2 atom stereocenters. The van der Waals surface area contributed by atoms with Gasteiger partial charge in [0.1, 0.15) is 0 Å². The van der Waals surface area contributed by atoms with Gasteiger partial charge in [-0.1, -0.05) is 19.8 Å². The Morgan fingerprint density at radius 2 is 2.22 bits per heavy atom. The molecule has 0 amide bonds. The molecule has 0 spiro atoms. The van der Waals surface area contributed by atoms with Gasteiger partial charge in [0.2, 0.25) is 0 Å². The van der Waals surface area contributed by atoms with Crippen LogP contribution in [0.5, 0.6) is 0 Å². The lowest BCUT2D eigenvalue weighted by Gasteiger charge is -2.27. The molecule has 1 aromatic rings. The van der Waals surface area contributed by atoms with Crippen molar-refractivity contribution in [3.8, 4) is 0 Å². The molecule has 5 nitrogen and oxygen atoms in total. The standard InChI is InChI=1S/C13H19N3O2/c1-9-3-2-4-10(7-9)8-16-12-11(13(17)18)14-5-6-15-12/h5-6,9-10H,2-4,7-8H2,1H3,(H,15,16)(H,17,18). The zero-order valence-corrected chi connectivity index (χ0v) is 10.6. The summed E-state index contributed by atoms with van der Waals surface area (Å²) in [6.45, 7) is 3.06. The Kier molecular flexibility index (Phi) is 4.12. The fourth-order valence-corrected chi connectivity index (χ4v) is 2.61. The molecule has 2 unspecified atom stereocenters. The van der Waals surface area contributed by atoms with Crippen molar-refractivity contribution in [3.63, 3.8) is 0 Å². The number of carboxylic acids is 1. The number of rotatable bonds is 4. The van der Waals surface area contributed by atoms with Crippen LogP contribution in [0.2, 0.25) is 0 Å². The first kappa shape index (κ1) is 12.8. The van der Waals surface area contributed by atoms with Gasteiger partial charge in [-0.25, -0.2) is 14.8 Å². The Bertz CT molecular complexity index is 422. The van der Waals surface area contributed by atoms with Gasteiger partial charge in [-0.05, 0) is 24.7 Å². The molecule has 1 heterocycles. The Balaban J connectivity index is 1.95. The average molecular weight is 249 g/mol. The molecule has 5 heteroatoms. The van der Waals surface area contributed by atoms with Crippen LogP contribution in [0, 0.1) is 11.8 Å². The van der Waals surface area contributed by atoms with Gasteiger partial charge in [0.15, 0.2) is 11.5 Å². The third kappa shape index (κ3) is 3.18. The lowest BCUT2D eigenvalue weighted by atomic mass is 9.82. The van der Waals surface area contributed by atoms with Gasteiger partial charge in [-0.2, -0.15) is 0 Å². The Hall–Kier alpha value is -1.65. The summed E-state index contributed by atoms with van der Waals surface area (Å²) < 4.78 is 0. The van der Waals surface area contributed by atoms with E-state index in [-0.39, 0.29) is 5.69 Å². The Morgan fingerprint density at radius 1 is 1.44 bits per heavy atom. The lowest BCUT2D eigenvalue weighted by molar-refractivity contribution is 0.0691. The topological polar surface area (TPSA) is 75.1 Å². The van der Waals surface area contributed by atoms with Gasteiger partial charge in [0, 0.05) is 18.9 Å². The summed E-state index contributed by atoms with van der Waals surface area (Å²) in [6.07, 6.45) is 7.90. The quantitative estimate of drug-likeness (QED) is 0.857. The van der Waals surface area contributed by atoms with E-state index >= 15 is 0 Å². The van der Waals surface area contributed by atoms with Crippen LogP contribution in [0.25, 0.3) is 0 Å². The number of aromatic nitrogens is 2. The molecule has 1 aliphatic carbocycles. The first-order valence-corrected chi connectivity index (χ1v) is 6.45. The van der Waals surface area contributed by atoms with E-state index in [9.17, 15) is 4.79 Å². The number of nitrogens with one attached hydrogen (secondary N) is 1. The number of nitrogens with zero attached hydrogens (tertiary/aromatic N) is 2. The van der Waals surface area contributed by atoms with Gasteiger partial charge in [-0.3, -0.25) is 0 Å². The monoisotopic (exact) mass is 249 g/mol. The summed E-state index contributed by atoms with van der Waals surface area (Å²) in [6, 6.07) is 0. The lowest BCUT2D eigenvalue weighted by Crippen LogP contribution is -2.22. The maximum absolute atomic E-state index is 11.0. The largest absolute Gasteiger partial charge is 0.476 e. The van der Waals surface area contributed by atoms with Crippen molar-refractivity contribution in [3.05, 3.63) is 18.1 Å². The summed E-state index contributed by atoms with van der Waals surface area (Å²) in [7, 11) is 0. The highest BCUT2D eigenvalue weighted by molar-refractivity contribution is 5.90. The third-order valence-corrected chi connectivity index (χ3v) is 3.50. The molecule has 0 saturated heterocycles. The van der Waals surface area contributed by atoms with Crippen LogP contribution < -0.4 is 5.32 Å². The number of carbonyl (C=O) groups is 1. The fourth-order valence-electron chi connectivity index (χ4n) is 2.61. The van der Waals surface area contributed by atoms with Gasteiger partial charge in [0.05, 0.1) is 0 Å². The summed E-state index contributed by atoms with van der Waals surface area (Å²) >= 11 is 0. The fraction of sp³-hybridized carbons (Fsp3) is 0.615. The smallest absolute Gasteiger partial charge is 0.358 e. The summed E-state index contributed by atoms with van der Waals surface area (Å²) in [5, 5.41) is 12.1. The minimum atomic E-state index is -1.04. The number of hydrogen-bond donors (Lipinski definition) is 2. The van der Waals surface area contributed by atoms with Crippen molar-refractivity contribution in [1.29, 1.82) is 0 Å². The zero-order chi connectivity index (χ0) is 13.0. The first-order valence-electron chi connectivity index (χ1n) is 6.45. The maximum Gasteiger partial charge on any atom is 0.358 e. The molecule has 1 aliphatic rings. The molecular formula is C13H19N3O2. The molecule has 2 N–H and O–H groups in total. The van der Waals surface area contributed by atoms with Crippen molar-refractivity contribution in [2.24, 2.45) is 11.8 Å². The summed E-state index contributed by atoms with van der Waals surface area (Å²) in [5.41, 5.74) is 0.00126. The molecule has 1 fully saturated rings. The molecular weight excluding hydrogens is 230 g/mol. The highest BCUT2D eigenvalue weighted by Crippen LogP contribution is 2.28. The molecule has 0 aromatic carbocycles.